The van der Waals surface area contributed by atoms with E-state index in [0.717, 1.165) is 0 Å². The average Bonchev–Trinajstić information content (AvgIpc) is 2.58. The van der Waals surface area contributed by atoms with Crippen LogP contribution >= 0.6 is 0 Å². The van der Waals surface area contributed by atoms with Gasteiger partial charge in [0.2, 0.25) is 0 Å². The third kappa shape index (κ3) is 4.64. The number of rotatable bonds is 6. The highest BCUT2D eigenvalue weighted by Gasteiger charge is 2.08. The zero-order valence-corrected chi connectivity index (χ0v) is 12.5. The predicted octanol–water partition coefficient (Wildman–Crippen LogP) is 2.86. The second kappa shape index (κ2) is 7.84. The Balaban J connectivity index is 1.77. The van der Waals surface area contributed by atoms with E-state index in [2.05, 4.69) is 12.2 Å². The van der Waals surface area contributed by atoms with Crippen molar-refractivity contribution < 1.29 is 9.53 Å². The number of carbonyl (C=O) groups is 1. The highest BCUT2D eigenvalue weighted by Crippen LogP contribution is 2.14. The first kappa shape index (κ1) is 15.6. The van der Waals surface area contributed by atoms with Gasteiger partial charge in [-0.05, 0) is 29.7 Å². The lowest BCUT2D eigenvalue weighted by Gasteiger charge is -2.13. The van der Waals surface area contributed by atoms with Crippen molar-refractivity contribution >= 4 is 5.91 Å². The van der Waals surface area contributed by atoms with Crippen LogP contribution < -0.4 is 10.1 Å². The number of nitriles is 1. The summed E-state index contributed by atoms with van der Waals surface area (Å²) >= 11 is 0. The molecule has 2 rings (SSSR count). The molecule has 0 heterocycles. The standard InChI is InChI=1S/C18H18N2O2/c1-14(16-7-3-2-4-8-16)12-20-18(21)13-22-17-9-5-6-15(10-17)11-19/h2-10,14H,12-13H2,1H3,(H,20,21)/t14-/m0/s1. The molecule has 0 aliphatic heterocycles. The monoisotopic (exact) mass is 294 g/mol. The third-order valence-electron chi connectivity index (χ3n) is 3.31. The number of carbonyl (C=O) groups excluding carboxylic acids is 1. The molecule has 2 aromatic rings. The molecule has 2 aromatic carbocycles. The molecule has 1 amide bonds. The van der Waals surface area contributed by atoms with E-state index < -0.39 is 0 Å². The van der Waals surface area contributed by atoms with Gasteiger partial charge in [-0.15, -0.1) is 0 Å². The molecular weight excluding hydrogens is 276 g/mol. The van der Waals surface area contributed by atoms with Crippen molar-refractivity contribution in [2.45, 2.75) is 12.8 Å². The smallest absolute Gasteiger partial charge is 0.257 e. The van der Waals surface area contributed by atoms with Gasteiger partial charge in [-0.3, -0.25) is 4.79 Å². The second-order valence-corrected chi connectivity index (χ2v) is 5.04. The van der Waals surface area contributed by atoms with Gasteiger partial charge in [0.05, 0.1) is 11.6 Å². The van der Waals surface area contributed by atoms with Gasteiger partial charge in [0.25, 0.3) is 5.91 Å². The van der Waals surface area contributed by atoms with Crippen LogP contribution in [0.25, 0.3) is 0 Å². The van der Waals surface area contributed by atoms with Crippen LogP contribution in [0.5, 0.6) is 5.75 Å². The lowest BCUT2D eigenvalue weighted by molar-refractivity contribution is -0.123. The molecule has 1 atom stereocenters. The summed E-state index contributed by atoms with van der Waals surface area (Å²) in [4.78, 5) is 11.8. The van der Waals surface area contributed by atoms with Crippen molar-refractivity contribution in [3.63, 3.8) is 0 Å². The van der Waals surface area contributed by atoms with Gasteiger partial charge in [-0.2, -0.15) is 5.26 Å². The summed E-state index contributed by atoms with van der Waals surface area (Å²) in [5.41, 5.74) is 1.70. The summed E-state index contributed by atoms with van der Waals surface area (Å²) in [6, 6.07) is 18.8. The minimum Gasteiger partial charge on any atom is -0.484 e. The molecule has 1 N–H and O–H groups in total. The van der Waals surface area contributed by atoms with Crippen molar-refractivity contribution in [1.29, 1.82) is 5.26 Å². The second-order valence-electron chi connectivity index (χ2n) is 5.04. The first-order valence-corrected chi connectivity index (χ1v) is 7.13. The minimum absolute atomic E-state index is 0.0591. The van der Waals surface area contributed by atoms with Crippen molar-refractivity contribution in [2.75, 3.05) is 13.2 Å². The molecule has 4 heteroatoms. The first-order valence-electron chi connectivity index (χ1n) is 7.13. The molecule has 22 heavy (non-hydrogen) atoms. The topological polar surface area (TPSA) is 62.1 Å². The van der Waals surface area contributed by atoms with Gasteiger partial charge in [0.15, 0.2) is 6.61 Å². The van der Waals surface area contributed by atoms with Crippen LogP contribution in [0.2, 0.25) is 0 Å². The van der Waals surface area contributed by atoms with Crippen LogP contribution in [0.4, 0.5) is 0 Å². The molecule has 0 saturated carbocycles. The van der Waals surface area contributed by atoms with Crippen LogP contribution in [0.15, 0.2) is 54.6 Å². The number of nitrogens with zero attached hydrogens (tertiary/aromatic N) is 1. The van der Waals surface area contributed by atoms with Gasteiger partial charge in [-0.25, -0.2) is 0 Å². The summed E-state index contributed by atoms with van der Waals surface area (Å²) in [7, 11) is 0. The van der Waals surface area contributed by atoms with E-state index in [1.54, 1.807) is 24.3 Å². The molecule has 0 aliphatic carbocycles. The molecule has 0 saturated heterocycles. The van der Waals surface area contributed by atoms with E-state index in [-0.39, 0.29) is 18.4 Å². The van der Waals surface area contributed by atoms with Crippen molar-refractivity contribution in [1.82, 2.24) is 5.32 Å². The number of ether oxygens (including phenoxy) is 1. The summed E-state index contributed by atoms with van der Waals surface area (Å²) in [5, 5.41) is 11.7. The third-order valence-corrected chi connectivity index (χ3v) is 3.31. The maximum absolute atomic E-state index is 11.8. The number of hydrogen-bond donors (Lipinski definition) is 1. The van der Waals surface area contributed by atoms with Crippen molar-refractivity contribution in [3.05, 3.63) is 65.7 Å². The van der Waals surface area contributed by atoms with Gasteiger partial charge in [0, 0.05) is 6.54 Å². The van der Waals surface area contributed by atoms with Crippen LogP contribution in [-0.2, 0) is 4.79 Å². The highest BCUT2D eigenvalue weighted by molar-refractivity contribution is 5.77. The predicted molar refractivity (Wildman–Crippen MR) is 84.5 cm³/mol. The fraction of sp³-hybridized carbons (Fsp3) is 0.222. The molecule has 0 aromatic heterocycles. The van der Waals surface area contributed by atoms with Gasteiger partial charge in [-0.1, -0.05) is 43.3 Å². The molecule has 0 radical (unpaired) electrons. The number of amides is 1. The highest BCUT2D eigenvalue weighted by atomic mass is 16.5. The molecular formula is C18H18N2O2. The molecule has 4 nitrogen and oxygen atoms in total. The van der Waals surface area contributed by atoms with Crippen molar-refractivity contribution in [3.8, 4) is 11.8 Å². The fourth-order valence-corrected chi connectivity index (χ4v) is 2.02. The molecule has 0 bridgehead atoms. The Kier molecular flexibility index (Phi) is 5.56. The largest absolute Gasteiger partial charge is 0.484 e. The van der Waals surface area contributed by atoms with Gasteiger partial charge >= 0.3 is 0 Å². The average molecular weight is 294 g/mol. The van der Waals surface area contributed by atoms with E-state index in [1.807, 2.05) is 36.4 Å². The van der Waals surface area contributed by atoms with E-state index in [4.69, 9.17) is 10.00 Å². The zero-order chi connectivity index (χ0) is 15.8. The van der Waals surface area contributed by atoms with Gasteiger partial charge < -0.3 is 10.1 Å². The number of nitrogens with one attached hydrogen (secondary N) is 1. The molecule has 0 spiro atoms. The Morgan fingerprint density at radius 1 is 1.23 bits per heavy atom. The maximum Gasteiger partial charge on any atom is 0.257 e. The Hall–Kier alpha value is -2.80. The zero-order valence-electron chi connectivity index (χ0n) is 12.5. The quantitative estimate of drug-likeness (QED) is 0.891. The van der Waals surface area contributed by atoms with E-state index in [0.29, 0.717) is 17.9 Å². The number of hydrogen-bond acceptors (Lipinski definition) is 3. The van der Waals surface area contributed by atoms with Gasteiger partial charge in [0.1, 0.15) is 5.75 Å². The van der Waals surface area contributed by atoms with E-state index in [9.17, 15) is 4.79 Å². The van der Waals surface area contributed by atoms with Crippen molar-refractivity contribution in [2.24, 2.45) is 0 Å². The van der Waals surface area contributed by atoms with E-state index >= 15 is 0 Å². The molecule has 112 valence electrons. The minimum atomic E-state index is -0.176. The molecule has 0 aliphatic rings. The van der Waals surface area contributed by atoms with Crippen LogP contribution in [0.1, 0.15) is 24.0 Å². The normalized spacial score (nSPS) is 11.3. The Morgan fingerprint density at radius 2 is 2.00 bits per heavy atom. The lowest BCUT2D eigenvalue weighted by Crippen LogP contribution is -2.31. The molecule has 0 fully saturated rings. The maximum atomic E-state index is 11.8. The lowest BCUT2D eigenvalue weighted by atomic mass is 10.0. The van der Waals surface area contributed by atoms with Crippen LogP contribution in [0, 0.1) is 11.3 Å². The first-order chi connectivity index (χ1) is 10.7. The number of benzene rings is 2. The summed E-state index contributed by atoms with van der Waals surface area (Å²) in [6.45, 7) is 2.56. The van der Waals surface area contributed by atoms with Crippen LogP contribution in [0.3, 0.4) is 0 Å². The molecule has 0 unspecified atom stereocenters. The Labute approximate surface area is 130 Å². The SMILES string of the molecule is C[C@@H](CNC(=O)COc1cccc(C#N)c1)c1ccccc1. The fourth-order valence-electron chi connectivity index (χ4n) is 2.02. The Morgan fingerprint density at radius 3 is 2.73 bits per heavy atom. The summed E-state index contributed by atoms with van der Waals surface area (Å²) in [6.07, 6.45) is 0. The van der Waals surface area contributed by atoms with Crippen LogP contribution in [-0.4, -0.2) is 19.1 Å². The van der Waals surface area contributed by atoms with E-state index in [1.165, 1.54) is 5.56 Å². The summed E-state index contributed by atoms with van der Waals surface area (Å²) < 4.78 is 5.39. The summed E-state index contributed by atoms with van der Waals surface area (Å²) in [5.74, 6) is 0.586. The Bertz CT molecular complexity index is 662.